The standard InChI is InChI=1S/C33H55N5O7S/c1-9-14-23(25(39)28(41)34-17-10-2)35-27(40)24-21-18-32(6,7)22(21)19-38(24)29(42)26(31(3,4)5)36-30(43)37-33(20-46(8,44)45)15-12-11-13-16-33/h10,21-24,26H,2,9,11-20H2,1,3-8H3,(H,34,41)(H,35,40)(H2,36,37,43)/t21?,22?,23?,24?,26-/m1/s1. The van der Waals surface area contributed by atoms with Crippen molar-refractivity contribution in [2.45, 2.75) is 117 Å². The van der Waals surface area contributed by atoms with E-state index in [1.54, 1.807) is 0 Å². The fourth-order valence-corrected chi connectivity index (χ4v) is 9.00. The van der Waals surface area contributed by atoms with E-state index in [0.29, 0.717) is 32.2 Å². The molecule has 2 saturated carbocycles. The zero-order valence-electron chi connectivity index (χ0n) is 28.7. The second-order valence-electron chi connectivity index (χ2n) is 15.4. The molecule has 0 spiro atoms. The van der Waals surface area contributed by atoms with E-state index in [2.05, 4.69) is 41.7 Å². The van der Waals surface area contributed by atoms with Crippen LogP contribution < -0.4 is 21.3 Å². The number of fused-ring (bicyclic) bond motifs is 1. The SMILES string of the molecule is C=CCNC(=O)C(=O)C(CCC)NC(=O)C1C2CC(C)(C)C2CN1C(=O)[C@@H](NC(=O)NC1(CS(C)(=O)=O)CCCCC1)C(C)(C)C. The first-order valence-electron chi connectivity index (χ1n) is 16.6. The van der Waals surface area contributed by atoms with Crippen LogP contribution in [0.25, 0.3) is 0 Å². The molecule has 3 fully saturated rings. The molecule has 3 rings (SSSR count). The minimum atomic E-state index is -3.39. The quantitative estimate of drug-likeness (QED) is 0.173. The van der Waals surface area contributed by atoms with Crippen LogP contribution in [-0.2, 0) is 29.0 Å². The maximum absolute atomic E-state index is 14.4. The molecule has 13 heteroatoms. The highest BCUT2D eigenvalue weighted by atomic mass is 32.2. The van der Waals surface area contributed by atoms with Crippen molar-refractivity contribution in [2.24, 2.45) is 22.7 Å². The molecule has 46 heavy (non-hydrogen) atoms. The Morgan fingerprint density at radius 3 is 2.20 bits per heavy atom. The maximum Gasteiger partial charge on any atom is 0.315 e. The van der Waals surface area contributed by atoms with Crippen molar-refractivity contribution in [3.63, 3.8) is 0 Å². The molecule has 0 aromatic heterocycles. The van der Waals surface area contributed by atoms with Crippen LogP contribution in [0.5, 0.6) is 0 Å². The summed E-state index contributed by atoms with van der Waals surface area (Å²) in [5.41, 5.74) is -1.78. The number of ketones is 1. The van der Waals surface area contributed by atoms with Gasteiger partial charge in [-0.2, -0.15) is 0 Å². The number of hydrogen-bond acceptors (Lipinski definition) is 7. The van der Waals surface area contributed by atoms with Gasteiger partial charge < -0.3 is 26.2 Å². The summed E-state index contributed by atoms with van der Waals surface area (Å²) < 4.78 is 24.6. The van der Waals surface area contributed by atoms with E-state index in [0.717, 1.165) is 25.5 Å². The number of sulfone groups is 1. The first-order valence-corrected chi connectivity index (χ1v) is 18.6. The second kappa shape index (κ2) is 14.4. The Balaban J connectivity index is 1.87. The molecule has 4 N–H and O–H groups in total. The van der Waals surface area contributed by atoms with Gasteiger partial charge in [0, 0.05) is 19.3 Å². The van der Waals surface area contributed by atoms with Gasteiger partial charge in [0.1, 0.15) is 21.9 Å². The van der Waals surface area contributed by atoms with E-state index >= 15 is 0 Å². The summed E-state index contributed by atoms with van der Waals surface area (Å²) in [6.45, 7) is 15.5. The first kappa shape index (κ1) is 37.5. The molecule has 0 aromatic carbocycles. The highest BCUT2D eigenvalue weighted by Crippen LogP contribution is 2.57. The van der Waals surface area contributed by atoms with E-state index in [1.165, 1.54) is 11.0 Å². The largest absolute Gasteiger partial charge is 0.346 e. The third-order valence-corrected chi connectivity index (χ3v) is 11.0. The summed E-state index contributed by atoms with van der Waals surface area (Å²) >= 11 is 0. The van der Waals surface area contributed by atoms with E-state index < -0.39 is 68.5 Å². The monoisotopic (exact) mass is 665 g/mol. The van der Waals surface area contributed by atoms with E-state index in [4.69, 9.17) is 0 Å². The molecule has 4 unspecified atom stereocenters. The van der Waals surface area contributed by atoms with Crippen LogP contribution in [0.3, 0.4) is 0 Å². The van der Waals surface area contributed by atoms with Gasteiger partial charge in [-0.3, -0.25) is 19.2 Å². The highest BCUT2D eigenvalue weighted by Gasteiger charge is 2.61. The molecule has 1 heterocycles. The van der Waals surface area contributed by atoms with Crippen molar-refractivity contribution < 1.29 is 32.4 Å². The summed E-state index contributed by atoms with van der Waals surface area (Å²) in [6.07, 6.45) is 7.71. The number of carbonyl (C=O) groups is 5. The van der Waals surface area contributed by atoms with E-state index in [9.17, 15) is 32.4 Å². The molecule has 3 aliphatic rings. The van der Waals surface area contributed by atoms with E-state index in [-0.39, 0.29) is 36.0 Å². The highest BCUT2D eigenvalue weighted by molar-refractivity contribution is 7.90. The molecule has 12 nitrogen and oxygen atoms in total. The molecule has 1 aliphatic heterocycles. The van der Waals surface area contributed by atoms with Crippen LogP contribution in [0.15, 0.2) is 12.7 Å². The minimum Gasteiger partial charge on any atom is -0.346 e. The smallest absolute Gasteiger partial charge is 0.315 e. The molecule has 260 valence electrons. The second-order valence-corrected chi connectivity index (χ2v) is 17.6. The normalized spacial score (nSPS) is 24.8. The Kier molecular flexibility index (Phi) is 11.8. The number of likely N-dealkylation sites (tertiary alicyclic amines) is 1. The Morgan fingerprint density at radius 1 is 1.04 bits per heavy atom. The predicted octanol–water partition coefficient (Wildman–Crippen LogP) is 2.48. The fourth-order valence-electron chi connectivity index (χ4n) is 7.64. The number of nitrogens with zero attached hydrogens (tertiary/aromatic N) is 1. The molecule has 0 radical (unpaired) electrons. The van der Waals surface area contributed by atoms with Gasteiger partial charge >= 0.3 is 6.03 Å². The van der Waals surface area contributed by atoms with Crippen molar-refractivity contribution in [3.8, 4) is 0 Å². The Labute approximate surface area is 274 Å². The summed E-state index contributed by atoms with van der Waals surface area (Å²) in [5.74, 6) is -2.76. The zero-order valence-corrected chi connectivity index (χ0v) is 29.5. The fraction of sp³-hybridized carbons (Fsp3) is 0.788. The Morgan fingerprint density at radius 2 is 1.67 bits per heavy atom. The first-order chi connectivity index (χ1) is 21.2. The van der Waals surface area contributed by atoms with Gasteiger partial charge in [-0.15, -0.1) is 6.58 Å². The molecular weight excluding hydrogens is 610 g/mol. The van der Waals surface area contributed by atoms with Crippen molar-refractivity contribution in [1.29, 1.82) is 0 Å². The van der Waals surface area contributed by atoms with Gasteiger partial charge in [-0.1, -0.05) is 73.3 Å². The number of hydrogen-bond donors (Lipinski definition) is 4. The zero-order chi connectivity index (χ0) is 34.7. The number of carbonyl (C=O) groups excluding carboxylic acids is 5. The molecule has 2 aliphatic carbocycles. The summed E-state index contributed by atoms with van der Waals surface area (Å²) in [7, 11) is -3.39. The number of rotatable bonds is 13. The van der Waals surface area contributed by atoms with Crippen LogP contribution in [-0.4, -0.2) is 91.6 Å². The average Bonchev–Trinajstić information content (AvgIpc) is 3.27. The van der Waals surface area contributed by atoms with E-state index in [1.807, 2.05) is 27.7 Å². The van der Waals surface area contributed by atoms with Crippen LogP contribution in [0, 0.1) is 22.7 Å². The molecule has 5 amide bonds. The van der Waals surface area contributed by atoms with Crippen molar-refractivity contribution in [3.05, 3.63) is 12.7 Å². The third kappa shape index (κ3) is 8.89. The molecule has 1 saturated heterocycles. The summed E-state index contributed by atoms with van der Waals surface area (Å²) in [4.78, 5) is 68.8. The number of nitrogens with one attached hydrogen (secondary N) is 4. The van der Waals surface area contributed by atoms with Gasteiger partial charge in [0.2, 0.25) is 17.6 Å². The maximum atomic E-state index is 14.4. The number of urea groups is 1. The van der Waals surface area contributed by atoms with Crippen LogP contribution in [0.1, 0.15) is 92.9 Å². The molecule has 0 aromatic rings. The van der Waals surface area contributed by atoms with Gasteiger partial charge in [0.05, 0.1) is 17.3 Å². The van der Waals surface area contributed by atoms with Crippen LogP contribution >= 0.6 is 0 Å². The molecule has 5 atom stereocenters. The minimum absolute atomic E-state index is 0.0399. The van der Waals surface area contributed by atoms with Gasteiger partial charge in [0.15, 0.2) is 0 Å². The lowest BCUT2D eigenvalue weighted by atomic mass is 9.55. The molecular formula is C33H55N5O7S. The van der Waals surface area contributed by atoms with Gasteiger partial charge in [-0.05, 0) is 48.3 Å². The lowest BCUT2D eigenvalue weighted by Crippen LogP contribution is -2.63. The van der Waals surface area contributed by atoms with Crippen LogP contribution in [0.2, 0.25) is 0 Å². The summed E-state index contributed by atoms with van der Waals surface area (Å²) in [5, 5.41) is 11.0. The Hall–Kier alpha value is -2.96. The van der Waals surface area contributed by atoms with Crippen molar-refractivity contribution in [1.82, 2.24) is 26.2 Å². The summed E-state index contributed by atoms with van der Waals surface area (Å²) in [6, 6.07) is -3.57. The molecule has 0 bridgehead atoms. The average molecular weight is 666 g/mol. The number of amides is 5. The Bertz CT molecular complexity index is 1300. The van der Waals surface area contributed by atoms with Gasteiger partial charge in [-0.25, -0.2) is 13.2 Å². The number of Topliss-reactive ketones (excluding diaryl/α,β-unsaturated/α-hetero) is 1. The lowest BCUT2D eigenvalue weighted by molar-refractivity contribution is -0.145. The van der Waals surface area contributed by atoms with Crippen LogP contribution in [0.4, 0.5) is 4.79 Å². The predicted molar refractivity (Wildman–Crippen MR) is 176 cm³/mol. The topological polar surface area (TPSA) is 171 Å². The van der Waals surface area contributed by atoms with Gasteiger partial charge in [0.25, 0.3) is 5.91 Å². The lowest BCUT2D eigenvalue weighted by Gasteiger charge is -2.48. The van der Waals surface area contributed by atoms with Crippen molar-refractivity contribution in [2.75, 3.05) is 25.1 Å². The third-order valence-electron chi connectivity index (χ3n) is 9.93. The van der Waals surface area contributed by atoms with Crippen molar-refractivity contribution >= 4 is 39.4 Å².